The van der Waals surface area contributed by atoms with Gasteiger partial charge in [0.25, 0.3) is 0 Å². The Balaban J connectivity index is 2.64. The van der Waals surface area contributed by atoms with E-state index >= 15 is 0 Å². The summed E-state index contributed by atoms with van der Waals surface area (Å²) in [6.45, 7) is 4.58. The van der Waals surface area contributed by atoms with E-state index in [1.165, 1.54) is 11.0 Å². The third kappa shape index (κ3) is 5.69. The van der Waals surface area contributed by atoms with Crippen molar-refractivity contribution in [3.63, 3.8) is 0 Å². The molecule has 1 aromatic carbocycles. The van der Waals surface area contributed by atoms with Crippen LogP contribution in [0.3, 0.4) is 0 Å². The highest BCUT2D eigenvalue weighted by atomic mass is 16.5. The first-order valence-electron chi connectivity index (χ1n) is 6.85. The maximum atomic E-state index is 12.1. The molecule has 0 saturated carbocycles. The molecule has 1 aromatic rings. The summed E-state index contributed by atoms with van der Waals surface area (Å²) >= 11 is 0. The van der Waals surface area contributed by atoms with Gasteiger partial charge in [0.1, 0.15) is 6.54 Å². The third-order valence-electron chi connectivity index (χ3n) is 2.65. The fourth-order valence-electron chi connectivity index (χ4n) is 1.74. The van der Waals surface area contributed by atoms with Gasteiger partial charge in [0.05, 0.1) is 6.61 Å². The number of amides is 1. The maximum Gasteiger partial charge on any atom is 0.325 e. The van der Waals surface area contributed by atoms with Gasteiger partial charge in [0.15, 0.2) is 0 Å². The number of nitrogens with zero attached hydrogens (tertiary/aromatic N) is 1. The number of ether oxygens (including phenoxy) is 1. The van der Waals surface area contributed by atoms with Crippen LogP contribution in [-0.4, -0.2) is 36.5 Å². The molecular weight excluding hydrogens is 254 g/mol. The molecule has 0 unspecified atom stereocenters. The predicted octanol–water partition coefficient (Wildman–Crippen LogP) is 2.50. The summed E-state index contributed by atoms with van der Waals surface area (Å²) in [5.74, 6) is -0.550. The SMILES string of the molecule is CCCN(CC(=O)OCC)C(=O)/C=C/c1ccccc1. The topological polar surface area (TPSA) is 46.6 Å². The zero-order valence-corrected chi connectivity index (χ0v) is 12.0. The van der Waals surface area contributed by atoms with Crippen LogP contribution in [0.2, 0.25) is 0 Å². The Bertz CT molecular complexity index is 454. The molecule has 1 rings (SSSR count). The average molecular weight is 275 g/mol. The van der Waals surface area contributed by atoms with Crippen molar-refractivity contribution in [2.75, 3.05) is 19.7 Å². The standard InChI is InChI=1S/C16H21NO3/c1-3-12-17(13-16(19)20-4-2)15(18)11-10-14-8-6-5-7-9-14/h5-11H,3-4,12-13H2,1-2H3/b11-10+. The summed E-state index contributed by atoms with van der Waals surface area (Å²) in [6, 6.07) is 9.57. The minimum Gasteiger partial charge on any atom is -0.465 e. The molecule has 0 saturated heterocycles. The van der Waals surface area contributed by atoms with Crippen LogP contribution >= 0.6 is 0 Å². The molecule has 0 aromatic heterocycles. The summed E-state index contributed by atoms with van der Waals surface area (Å²) in [6.07, 6.45) is 4.03. The van der Waals surface area contributed by atoms with E-state index in [9.17, 15) is 9.59 Å². The molecule has 0 radical (unpaired) electrons. The first kappa shape index (κ1) is 16.0. The molecule has 0 atom stereocenters. The van der Waals surface area contributed by atoms with Crippen LogP contribution in [0, 0.1) is 0 Å². The summed E-state index contributed by atoms with van der Waals surface area (Å²) < 4.78 is 4.87. The minimum absolute atomic E-state index is 0.000354. The first-order valence-corrected chi connectivity index (χ1v) is 6.85. The Labute approximate surface area is 120 Å². The van der Waals surface area contributed by atoms with E-state index in [1.807, 2.05) is 37.3 Å². The fraction of sp³-hybridized carbons (Fsp3) is 0.375. The van der Waals surface area contributed by atoms with Crippen molar-refractivity contribution >= 4 is 18.0 Å². The molecule has 1 amide bonds. The van der Waals surface area contributed by atoms with Gasteiger partial charge < -0.3 is 9.64 Å². The van der Waals surface area contributed by atoms with Crippen LogP contribution in [0.1, 0.15) is 25.8 Å². The normalized spacial score (nSPS) is 10.5. The van der Waals surface area contributed by atoms with Crippen LogP contribution in [0.4, 0.5) is 0 Å². The molecule has 0 N–H and O–H groups in total. The number of carbonyl (C=O) groups is 2. The Morgan fingerprint density at radius 3 is 2.50 bits per heavy atom. The maximum absolute atomic E-state index is 12.1. The largest absolute Gasteiger partial charge is 0.465 e. The molecule has 0 fully saturated rings. The molecule has 4 nitrogen and oxygen atoms in total. The molecule has 20 heavy (non-hydrogen) atoms. The highest BCUT2D eigenvalue weighted by Crippen LogP contribution is 2.03. The summed E-state index contributed by atoms with van der Waals surface area (Å²) in [5.41, 5.74) is 0.952. The lowest BCUT2D eigenvalue weighted by Crippen LogP contribution is -2.36. The lowest BCUT2D eigenvalue weighted by Gasteiger charge is -2.19. The second-order valence-corrected chi connectivity index (χ2v) is 4.31. The number of esters is 1. The van der Waals surface area contributed by atoms with E-state index in [4.69, 9.17) is 4.74 Å². The molecule has 0 heterocycles. The Hall–Kier alpha value is -2.10. The van der Waals surface area contributed by atoms with Gasteiger partial charge in [-0.2, -0.15) is 0 Å². The average Bonchev–Trinajstić information content (AvgIpc) is 2.45. The fourth-order valence-corrected chi connectivity index (χ4v) is 1.74. The van der Waals surface area contributed by atoms with Crippen LogP contribution in [-0.2, 0) is 14.3 Å². The number of benzene rings is 1. The lowest BCUT2D eigenvalue weighted by molar-refractivity contribution is -0.147. The van der Waals surface area contributed by atoms with E-state index in [1.54, 1.807) is 13.0 Å². The molecule has 0 aliphatic rings. The zero-order valence-electron chi connectivity index (χ0n) is 12.0. The van der Waals surface area contributed by atoms with Gasteiger partial charge in [-0.15, -0.1) is 0 Å². The Morgan fingerprint density at radius 1 is 1.20 bits per heavy atom. The van der Waals surface area contributed by atoms with Gasteiger partial charge in [0, 0.05) is 12.6 Å². The van der Waals surface area contributed by atoms with Crippen molar-refractivity contribution in [2.45, 2.75) is 20.3 Å². The van der Waals surface area contributed by atoms with E-state index in [0.717, 1.165) is 12.0 Å². The Morgan fingerprint density at radius 2 is 1.90 bits per heavy atom. The number of hydrogen-bond acceptors (Lipinski definition) is 3. The van der Waals surface area contributed by atoms with Crippen molar-refractivity contribution < 1.29 is 14.3 Å². The summed E-state index contributed by atoms with van der Waals surface area (Å²) in [4.78, 5) is 25.0. The molecular formula is C16H21NO3. The second kappa shape index (κ2) is 8.91. The van der Waals surface area contributed by atoms with Gasteiger partial charge >= 0.3 is 5.97 Å². The van der Waals surface area contributed by atoms with Gasteiger partial charge in [-0.25, -0.2) is 0 Å². The monoisotopic (exact) mass is 275 g/mol. The van der Waals surface area contributed by atoms with E-state index in [0.29, 0.717) is 13.2 Å². The second-order valence-electron chi connectivity index (χ2n) is 4.31. The highest BCUT2D eigenvalue weighted by Gasteiger charge is 2.14. The van der Waals surface area contributed by atoms with Gasteiger partial charge in [-0.1, -0.05) is 37.3 Å². The van der Waals surface area contributed by atoms with Crippen LogP contribution < -0.4 is 0 Å². The van der Waals surface area contributed by atoms with Crippen molar-refractivity contribution in [3.05, 3.63) is 42.0 Å². The lowest BCUT2D eigenvalue weighted by atomic mass is 10.2. The molecule has 0 aliphatic heterocycles. The zero-order chi connectivity index (χ0) is 14.8. The van der Waals surface area contributed by atoms with Crippen molar-refractivity contribution in [3.8, 4) is 0 Å². The molecule has 108 valence electrons. The Kier molecular flexibility index (Phi) is 7.11. The van der Waals surface area contributed by atoms with Crippen LogP contribution in [0.5, 0.6) is 0 Å². The van der Waals surface area contributed by atoms with Crippen molar-refractivity contribution in [2.24, 2.45) is 0 Å². The van der Waals surface area contributed by atoms with Gasteiger partial charge in [0.2, 0.25) is 5.91 Å². The smallest absolute Gasteiger partial charge is 0.325 e. The van der Waals surface area contributed by atoms with Gasteiger partial charge in [-0.05, 0) is 25.0 Å². The van der Waals surface area contributed by atoms with Crippen molar-refractivity contribution in [1.29, 1.82) is 0 Å². The van der Waals surface area contributed by atoms with Crippen LogP contribution in [0.25, 0.3) is 6.08 Å². The van der Waals surface area contributed by atoms with E-state index in [-0.39, 0.29) is 18.4 Å². The predicted molar refractivity (Wildman–Crippen MR) is 79.0 cm³/mol. The third-order valence-corrected chi connectivity index (χ3v) is 2.65. The molecule has 0 bridgehead atoms. The van der Waals surface area contributed by atoms with Crippen LogP contribution in [0.15, 0.2) is 36.4 Å². The van der Waals surface area contributed by atoms with E-state index in [2.05, 4.69) is 0 Å². The summed E-state index contributed by atoms with van der Waals surface area (Å²) in [5, 5.41) is 0. The van der Waals surface area contributed by atoms with E-state index < -0.39 is 0 Å². The van der Waals surface area contributed by atoms with Crippen molar-refractivity contribution in [1.82, 2.24) is 4.90 Å². The first-order chi connectivity index (χ1) is 9.67. The number of hydrogen-bond donors (Lipinski definition) is 0. The highest BCUT2D eigenvalue weighted by molar-refractivity contribution is 5.93. The number of rotatable bonds is 7. The number of carbonyl (C=O) groups excluding carboxylic acids is 2. The minimum atomic E-state index is -0.373. The van der Waals surface area contributed by atoms with Gasteiger partial charge in [-0.3, -0.25) is 9.59 Å². The molecule has 4 heteroatoms. The molecule has 0 spiro atoms. The quantitative estimate of drug-likeness (QED) is 0.567. The summed E-state index contributed by atoms with van der Waals surface area (Å²) in [7, 11) is 0. The molecule has 0 aliphatic carbocycles.